The molecular weight excluding hydrogens is 1380 g/mol. The van der Waals surface area contributed by atoms with Crippen molar-refractivity contribution in [3.05, 3.63) is 179 Å². The molecule has 12 aromatic heterocycles. The summed E-state index contributed by atoms with van der Waals surface area (Å²) in [7, 11) is -9.33. The van der Waals surface area contributed by atoms with Gasteiger partial charge in [-0.25, -0.2) is 43.9 Å². The lowest BCUT2D eigenvalue weighted by Crippen LogP contribution is -2.52. The number of ether oxygens (including phenoxy) is 3. The van der Waals surface area contributed by atoms with Crippen LogP contribution in [0.3, 0.4) is 0 Å². The van der Waals surface area contributed by atoms with Crippen LogP contribution in [-0.4, -0.2) is 271 Å². The molecule has 0 aromatic carbocycles. The number of rotatable bonds is 15. The normalized spacial score (nSPS) is 23.7. The smallest absolute Gasteiger partial charge is 0.295 e. The fourth-order valence-electron chi connectivity index (χ4n) is 10.2. The number of piperazine rings is 3. The van der Waals surface area contributed by atoms with Crippen LogP contribution in [0.4, 0.5) is 0 Å². The molecule has 0 aliphatic carbocycles. The molecule has 15 rings (SSSR count). The van der Waals surface area contributed by atoms with Crippen molar-refractivity contribution in [2.45, 2.75) is 34.4 Å². The number of aromatic nitrogens is 18. The number of Topliss-reactive ketones (excluding diaryl/α,β-unsaturated/α-hetero) is 3. The van der Waals surface area contributed by atoms with Gasteiger partial charge in [0.15, 0.2) is 17.5 Å². The minimum atomic E-state index is -4.12. The molecule has 3 aliphatic rings. The van der Waals surface area contributed by atoms with E-state index in [1.807, 2.05) is 0 Å². The average molecular weight is 1490 g/mol. The summed E-state index contributed by atoms with van der Waals surface area (Å²) in [6.45, 7) is -37.6. The quantitative estimate of drug-likeness (QED) is 0.0973. The van der Waals surface area contributed by atoms with Crippen molar-refractivity contribution in [3.8, 4) is 34.7 Å². The van der Waals surface area contributed by atoms with Crippen LogP contribution in [0.1, 0.15) is 146 Å². The number of hydrogen-bond donors (Lipinski definition) is 3. The number of hydrogen-bond acceptors (Lipinski definition) is 24. The zero-order chi connectivity index (χ0) is 110. The molecule has 12 aromatic rings. The van der Waals surface area contributed by atoms with E-state index in [-0.39, 0.29) is 111 Å². The van der Waals surface area contributed by atoms with E-state index >= 15 is 0 Å². The van der Waals surface area contributed by atoms with Crippen molar-refractivity contribution in [3.63, 3.8) is 0 Å². The number of amides is 6. The summed E-state index contributed by atoms with van der Waals surface area (Å²) in [6, 6.07) is 1.26. The van der Waals surface area contributed by atoms with Crippen molar-refractivity contribution in [2.75, 3.05) is 99.3 Å². The highest BCUT2D eigenvalue weighted by Gasteiger charge is 2.36. The molecule has 3 aliphatic heterocycles. The zero-order valence-corrected chi connectivity index (χ0v) is 54.1. The molecule has 107 heavy (non-hydrogen) atoms. The van der Waals surface area contributed by atoms with Crippen molar-refractivity contribution in [1.82, 2.24) is 119 Å². The van der Waals surface area contributed by atoms with Crippen molar-refractivity contribution in [2.24, 2.45) is 0 Å². The van der Waals surface area contributed by atoms with Gasteiger partial charge in [-0.1, -0.05) is 18.2 Å². The SMILES string of the molecule is [2H]C([2H])([2H])Oc1cnc(-n2cnc(C([2H])([2H])[2H])n2)c2[nH]cc(C(=O)C(=O)N3C([2H])([2H])C([2H])([2H])N(C(=O)c4ccccn4)C([2H])([2H])C3([2H])[2H])c12.[2H]c1nc(C(=O)N2C([2H])([2H])C([2H])([2H])N(C(=O)C(=O)c3c[nH]c4c(-n5cnc(C([2H])([2H])[2H])n5)ncc(OC([2H])([2H])[2H])c34)C([2H])([2H])C2([2H])[2H])c([2H])c([2H])c1C.[2H]c1nc(C(=O)N2CCN(C(=O)C(=O)c3c[nH]c4c(-n5cnc(C([2H])([2H])[2H])n5)ncc(OC([2H])([2H])[2H])c34)CC2)c([2H])c([2H])c1C. The first kappa shape index (κ1) is 37.6. The Balaban J connectivity index is 0.000000185. The molecule has 6 amide bonds. The topological polar surface area (TPSA) is 418 Å². The van der Waals surface area contributed by atoms with E-state index in [1.165, 1.54) is 42.0 Å². The third-order valence-electron chi connectivity index (χ3n) is 15.2. The summed E-state index contributed by atoms with van der Waals surface area (Å²) in [4.78, 5) is 165. The van der Waals surface area contributed by atoms with Crippen molar-refractivity contribution >= 4 is 85.5 Å². The molecule has 546 valence electrons. The van der Waals surface area contributed by atoms with Gasteiger partial charge < -0.3 is 58.6 Å². The number of H-pyrrole nitrogens is 3. The van der Waals surface area contributed by atoms with Crippen molar-refractivity contribution in [1.29, 1.82) is 0 Å². The maximum absolute atomic E-state index is 13.9. The van der Waals surface area contributed by atoms with Gasteiger partial charge in [0.2, 0.25) is 0 Å². The Bertz CT molecular complexity index is 7310. The van der Waals surface area contributed by atoms with E-state index < -0.39 is 248 Å². The number of methoxy groups -OCH3 is 3. The number of carbonyl (C=O) groups excluding carboxylic acids is 9. The summed E-state index contributed by atoms with van der Waals surface area (Å²) >= 11 is 0. The molecule has 36 nitrogen and oxygen atoms in total. The first-order valence-corrected chi connectivity index (χ1v) is 30.1. The molecule has 0 radical (unpaired) electrons. The van der Waals surface area contributed by atoms with Gasteiger partial charge in [0.05, 0.1) is 132 Å². The Morgan fingerprint density at radius 2 is 0.776 bits per heavy atom. The van der Waals surface area contributed by atoms with Gasteiger partial charge in [0.25, 0.3) is 52.8 Å². The number of carbonyl (C=O) groups is 9. The first-order chi connectivity index (χ1) is 67.3. The Labute approximate surface area is 663 Å². The number of aryl methyl sites for hydroxylation is 3. The lowest BCUT2D eigenvalue weighted by molar-refractivity contribution is -0.128. The van der Waals surface area contributed by atoms with E-state index in [2.05, 4.69) is 75.1 Å². The molecule has 15 heterocycles. The highest BCUT2D eigenvalue weighted by molar-refractivity contribution is 6.46. The van der Waals surface area contributed by atoms with Crippen LogP contribution < -0.4 is 14.2 Å². The first-order valence-electron chi connectivity index (χ1n) is 50.1. The summed E-state index contributed by atoms with van der Waals surface area (Å²) in [5, 5.41) is 10.3. The van der Waals surface area contributed by atoms with E-state index in [0.717, 1.165) is 76.3 Å². The lowest BCUT2D eigenvalue weighted by Gasteiger charge is -2.34. The largest absolute Gasteiger partial charge is 0.494 e. The predicted molar refractivity (Wildman–Crippen MR) is 380 cm³/mol. The van der Waals surface area contributed by atoms with Gasteiger partial charge in [-0.05, 0) is 69.7 Å². The Hall–Kier alpha value is -13.8. The van der Waals surface area contributed by atoms with Gasteiger partial charge in [0.1, 0.15) is 70.8 Å². The second kappa shape index (κ2) is 30.6. The van der Waals surface area contributed by atoms with E-state index in [1.54, 1.807) is 0 Å². The van der Waals surface area contributed by atoms with E-state index in [0.29, 0.717) is 0 Å². The molecule has 0 spiro atoms. The van der Waals surface area contributed by atoms with Crippen LogP contribution in [0, 0.1) is 34.4 Å². The Morgan fingerprint density at radius 1 is 0.421 bits per heavy atom. The minimum Gasteiger partial charge on any atom is -0.494 e. The molecule has 0 unspecified atom stereocenters. The molecule has 3 fully saturated rings. The zero-order valence-electron chi connectivity index (χ0n) is 94.1. The number of pyridine rings is 6. The maximum Gasteiger partial charge on any atom is 0.295 e. The summed E-state index contributed by atoms with van der Waals surface area (Å²) in [6.07, 6.45) is 8.24. The van der Waals surface area contributed by atoms with Crippen LogP contribution in [0.15, 0.2) is 117 Å². The number of nitrogens with zero attached hydrogens (tertiary/aromatic N) is 21. The van der Waals surface area contributed by atoms with Gasteiger partial charge in [-0.2, -0.15) is 15.3 Å². The van der Waals surface area contributed by atoms with Crippen LogP contribution in [0.25, 0.3) is 50.2 Å². The van der Waals surface area contributed by atoms with Crippen LogP contribution in [-0.2, 0) is 14.4 Å². The summed E-state index contributed by atoms with van der Waals surface area (Å²) in [5.41, 5.74) is -4.67. The third kappa shape index (κ3) is 14.5. The molecule has 0 saturated carbocycles. The highest BCUT2D eigenvalue weighted by atomic mass is 16.5. The molecule has 0 bridgehead atoms. The minimum absolute atomic E-state index is 0.0182. The van der Waals surface area contributed by atoms with Gasteiger partial charge in [-0.15, -0.1) is 0 Å². The van der Waals surface area contributed by atoms with Crippen LogP contribution >= 0.6 is 0 Å². The summed E-state index contributed by atoms with van der Waals surface area (Å²) < 4.78 is 337. The maximum atomic E-state index is 13.9. The molecular formula is C71H70N24O12. The standard InChI is InChI=1S/2C24H24N8O4.C23H22N8O4/c2*1-14-4-5-17(25-10-14)23(34)30-6-8-31(9-7-30)24(35)21(33)16-11-26-20-19(16)18(36-3)12-27-22(20)32-13-28-15(2)29-32;1-14-27-13-31(28-14)21-19-18(17(35-2)12-26-21)15(11-25-19)20(32)23(34)30-9-7-29(8-10-30)22(33)16-5-3-4-6-24-16/h2*4-5,10-13,26H,6-9H2,1-3H3;3-6,11-13,25H,7-10H2,1-2H3/i2D3,3D3,4D,5D,6D2,7D2,8D2,9D2,10D;2D3,3D3,4D,5D,10D;1D3,2D3,7D2,8D2,9D2,10D2. The molecule has 3 N–H and O–H groups in total. The van der Waals surface area contributed by atoms with Gasteiger partial charge in [-0.3, -0.25) is 58.1 Å². The number of ketones is 3. The highest BCUT2D eigenvalue weighted by Crippen LogP contribution is 2.35. The second-order valence-corrected chi connectivity index (χ2v) is 21.7. The third-order valence-corrected chi connectivity index (χ3v) is 15.2. The Kier molecular flexibility index (Phi) is 10.7. The Morgan fingerprint density at radius 3 is 1.13 bits per heavy atom. The van der Waals surface area contributed by atoms with Gasteiger partial charge in [0, 0.05) is 128 Å². The van der Waals surface area contributed by atoms with Crippen LogP contribution in [0.5, 0.6) is 17.2 Å². The van der Waals surface area contributed by atoms with Gasteiger partial charge >= 0.3 is 0 Å². The predicted octanol–water partition coefficient (Wildman–Crippen LogP) is 3.69. The fraction of sp³-hybridized carbons (Fsp3) is 0.282. The summed E-state index contributed by atoms with van der Waals surface area (Å²) in [5.74, 6) is -18.4. The average Bonchev–Trinajstić information content (AvgIpc) is 1.46. The second-order valence-electron chi connectivity index (χ2n) is 21.7. The molecule has 3 saturated heterocycles. The number of nitrogens with one attached hydrogen (secondary N) is 3. The van der Waals surface area contributed by atoms with E-state index in [9.17, 15) is 43.2 Å². The monoisotopic (exact) mass is 1490 g/mol. The van der Waals surface area contributed by atoms with E-state index in [4.69, 9.17) is 69.0 Å². The number of fused-ring (bicyclic) bond motifs is 3. The lowest BCUT2D eigenvalue weighted by atomic mass is 10.1. The fourth-order valence-corrected chi connectivity index (χ4v) is 10.2. The molecule has 0 atom stereocenters. The molecule has 36 heteroatoms. The van der Waals surface area contributed by atoms with Crippen LogP contribution in [0.2, 0.25) is 0 Å². The number of aromatic amines is 3. The van der Waals surface area contributed by atoms with Crippen molar-refractivity contribution < 1.29 is 112 Å².